The van der Waals surface area contributed by atoms with Crippen LogP contribution in [0.15, 0.2) is 0 Å². The molecule has 0 nitrogen and oxygen atoms in total. The summed E-state index contributed by atoms with van der Waals surface area (Å²) >= 11 is 0. The van der Waals surface area contributed by atoms with Gasteiger partial charge in [-0.1, -0.05) is 0 Å². The van der Waals surface area contributed by atoms with Crippen molar-refractivity contribution in [1.29, 1.82) is 0 Å². The number of fused-ring (bicyclic) bond motifs is 10. The summed E-state index contributed by atoms with van der Waals surface area (Å²) in [5.74, 6) is 9.26. The molecule has 3 heteroatoms. The van der Waals surface area contributed by atoms with Gasteiger partial charge in [-0.05, 0) is 0 Å². The van der Waals surface area contributed by atoms with Crippen LogP contribution in [-0.2, 0) is 6.51 Å². The van der Waals surface area contributed by atoms with Crippen LogP contribution >= 0.6 is 15.8 Å². The first-order valence-corrected chi connectivity index (χ1v) is 32.5. The molecule has 5 atom stereocenters. The third-order valence-corrected chi connectivity index (χ3v) is 84.0. The SMILES string of the molecule is CC(C)(C)P(C[C]12[C]3(CP(C4C5CC6CC(C5)CC4C6)C4C5CC6CC(C5)CC4C6)[CH]4[C]5(C(C)(C)C)[C]1(C(C)(C)C)[Fe]43251678[CH]2[CH]1[CH]6[CH]7[CH]28)C(C)(C)C. The summed E-state index contributed by atoms with van der Waals surface area (Å²) in [4.78, 5) is 8.24. The Morgan fingerprint density at radius 2 is 0.863 bits per heavy atom. The summed E-state index contributed by atoms with van der Waals surface area (Å²) < 4.78 is 3.56. The molecule has 18 aliphatic rings. The molecule has 10 aliphatic heterocycles. The summed E-state index contributed by atoms with van der Waals surface area (Å²) in [7, 11) is 0.0970. The van der Waals surface area contributed by atoms with Crippen LogP contribution in [0.4, 0.5) is 0 Å². The van der Waals surface area contributed by atoms with E-state index in [2.05, 4.69) is 83.1 Å². The summed E-state index contributed by atoms with van der Waals surface area (Å²) in [6.07, 6.45) is 20.5. The number of hydrogen-bond acceptors (Lipinski definition) is 0. The van der Waals surface area contributed by atoms with Gasteiger partial charge in [0, 0.05) is 0 Å². The van der Waals surface area contributed by atoms with Crippen LogP contribution in [0, 0.1) is 58.2 Å². The maximum atomic E-state index is 2.92. The van der Waals surface area contributed by atoms with E-state index in [0.29, 0.717) is 21.1 Å². The minimum absolute atomic E-state index is 0.0491. The number of hydrogen-bond donors (Lipinski definition) is 0. The summed E-state index contributed by atoms with van der Waals surface area (Å²) in [5, 5.41) is 0.940. The Morgan fingerprint density at radius 1 is 0.490 bits per heavy atom. The molecule has 0 amide bonds. The monoisotopic (exact) mass is 770 g/mol. The van der Waals surface area contributed by atoms with Crippen molar-refractivity contribution < 1.29 is 6.51 Å². The van der Waals surface area contributed by atoms with Gasteiger partial charge in [0.2, 0.25) is 0 Å². The quantitative estimate of drug-likeness (QED) is 0.186. The van der Waals surface area contributed by atoms with E-state index in [-0.39, 0.29) is 15.8 Å². The van der Waals surface area contributed by atoms with Crippen LogP contribution in [0.25, 0.3) is 0 Å². The van der Waals surface area contributed by atoms with Crippen molar-refractivity contribution in [3.05, 3.63) is 0 Å². The first-order chi connectivity index (χ1) is 23.5. The van der Waals surface area contributed by atoms with Gasteiger partial charge in [-0.2, -0.15) is 0 Å². The van der Waals surface area contributed by atoms with Crippen molar-refractivity contribution in [3.8, 4) is 0 Å². The van der Waals surface area contributed by atoms with Gasteiger partial charge in [-0.3, -0.25) is 0 Å². The second-order valence-electron chi connectivity index (χ2n) is 30.1. The van der Waals surface area contributed by atoms with E-state index in [1.165, 1.54) is 63.9 Å². The Morgan fingerprint density at radius 3 is 1.16 bits per heavy atom. The Balaban J connectivity index is 0.960. The molecule has 18 fully saturated rings. The first-order valence-electron chi connectivity index (χ1n) is 23.2. The second-order valence-corrected chi connectivity index (χ2v) is 59.3. The third-order valence-electron chi connectivity index (χ3n) is 29.5. The Labute approximate surface area is 306 Å². The fraction of sp³-hybridized carbons (Fsp3) is 1.00. The van der Waals surface area contributed by atoms with Gasteiger partial charge in [0.15, 0.2) is 0 Å². The zero-order valence-electron chi connectivity index (χ0n) is 35.0. The van der Waals surface area contributed by atoms with E-state index in [9.17, 15) is 0 Å². The molecule has 8 saturated carbocycles. The van der Waals surface area contributed by atoms with Crippen molar-refractivity contribution in [1.82, 2.24) is 0 Å². The van der Waals surface area contributed by atoms with Crippen LogP contribution < -0.4 is 0 Å². The molecule has 0 radical (unpaired) electrons. The molecular weight excluding hydrogens is 694 g/mol. The van der Waals surface area contributed by atoms with Gasteiger partial charge in [0.25, 0.3) is 0 Å². The molecule has 51 heavy (non-hydrogen) atoms. The van der Waals surface area contributed by atoms with E-state index in [4.69, 9.17) is 0 Å². The van der Waals surface area contributed by atoms with Crippen molar-refractivity contribution in [3.63, 3.8) is 0 Å². The summed E-state index contributed by atoms with van der Waals surface area (Å²) in [5.41, 5.74) is 3.51. The molecule has 8 bridgehead atoms. The van der Waals surface area contributed by atoms with Gasteiger partial charge < -0.3 is 0 Å². The number of rotatable bonds is 6. The molecule has 0 aromatic heterocycles. The molecule has 10 heterocycles. The molecule has 10 saturated heterocycles. The second kappa shape index (κ2) is 5.07. The topological polar surface area (TPSA) is 0 Å². The average Bonchev–Trinajstić information content (AvgIpc) is 3.92. The van der Waals surface area contributed by atoms with Crippen LogP contribution in [0.5, 0.6) is 0 Å². The van der Waals surface area contributed by atoms with Crippen LogP contribution in [-0.4, -0.2) is 34.0 Å². The molecule has 1 spiro atoms. The van der Waals surface area contributed by atoms with Crippen molar-refractivity contribution in [2.24, 2.45) is 58.2 Å². The summed E-state index contributed by atoms with van der Waals surface area (Å²) in [6, 6.07) is 0. The maximum absolute atomic E-state index is 4.26. The van der Waals surface area contributed by atoms with E-state index < -0.39 is 6.51 Å². The Bertz CT molecular complexity index is 2050. The van der Waals surface area contributed by atoms with Gasteiger partial charge in [-0.15, -0.1) is 0 Å². The van der Waals surface area contributed by atoms with E-state index in [0.717, 1.165) is 40.9 Å². The molecular formula is C48H76FeP2. The van der Waals surface area contributed by atoms with Gasteiger partial charge in [0.05, 0.1) is 0 Å². The minimum atomic E-state index is -4.26. The molecule has 0 aromatic rings. The van der Waals surface area contributed by atoms with Gasteiger partial charge in [-0.25, -0.2) is 0 Å². The molecule has 0 aromatic carbocycles. The Hall–Kier alpha value is 1.38. The summed E-state index contributed by atoms with van der Waals surface area (Å²) in [6.45, 7) is 29.6. The van der Waals surface area contributed by atoms with Gasteiger partial charge >= 0.3 is 308 Å². The predicted octanol–water partition coefficient (Wildman–Crippen LogP) is 15.2. The van der Waals surface area contributed by atoms with Crippen molar-refractivity contribution >= 4 is 15.8 Å². The van der Waals surface area contributed by atoms with Gasteiger partial charge in [0.1, 0.15) is 0 Å². The standard InChI is InChI=1S/C43H71P2.C5H5.Fe/c1-40(2,3)36-23-34(35(37(36)41(4,5)6)25-45(42(7,8)9)43(10,11)12)24-44(38-30-15-26-13-27(17-30)18-31(38)16-26)39-32-19-28-14-29(21-32)22-33(39)20-28;1-2-4-5-3-1;/h23,26-33,38-39H,13-22,24-25H2,1-12H3;1-5H;. The predicted molar refractivity (Wildman–Crippen MR) is 217 cm³/mol. The Kier molecular flexibility index (Phi) is 3.03. The normalized spacial score (nSPS) is 75.9. The molecule has 286 valence electrons. The van der Waals surface area contributed by atoms with Crippen LogP contribution in [0.1, 0.15) is 147 Å². The third kappa shape index (κ3) is 0.965. The molecule has 0 N–H and O–H groups in total. The van der Waals surface area contributed by atoms with Crippen LogP contribution in [0.2, 0.25) is 46.2 Å². The zero-order chi connectivity index (χ0) is 35.2. The average molecular weight is 771 g/mol. The fourth-order valence-electron chi connectivity index (χ4n) is 34.9. The molecule has 18 rings (SSSR count). The fourth-order valence-corrected chi connectivity index (χ4v) is 136. The van der Waals surface area contributed by atoms with Crippen molar-refractivity contribution in [2.45, 2.75) is 215 Å². The molecule has 5 unspecified atom stereocenters. The first kappa shape index (κ1) is 30.5. The van der Waals surface area contributed by atoms with Crippen LogP contribution in [0.3, 0.4) is 0 Å². The zero-order valence-corrected chi connectivity index (χ0v) is 37.9. The van der Waals surface area contributed by atoms with E-state index in [1.54, 1.807) is 70.4 Å². The van der Waals surface area contributed by atoms with E-state index in [1.807, 2.05) is 6.16 Å². The van der Waals surface area contributed by atoms with Crippen molar-refractivity contribution in [2.75, 3.05) is 12.3 Å². The molecule has 8 aliphatic carbocycles. The van der Waals surface area contributed by atoms with E-state index >= 15 is 0 Å².